The van der Waals surface area contributed by atoms with Crippen molar-refractivity contribution in [2.24, 2.45) is 5.73 Å². The highest BCUT2D eigenvalue weighted by molar-refractivity contribution is 9.11. The number of hydrogen-bond acceptors (Lipinski definition) is 6. The second-order valence-corrected chi connectivity index (χ2v) is 5.00. The van der Waals surface area contributed by atoms with Gasteiger partial charge in [-0.05, 0) is 37.9 Å². The summed E-state index contributed by atoms with van der Waals surface area (Å²) in [7, 11) is 0. The minimum atomic E-state index is -0.675. The fourth-order valence-electron chi connectivity index (χ4n) is 1.14. The average molecular weight is 364 g/mol. The van der Waals surface area contributed by atoms with E-state index in [0.29, 0.717) is 11.5 Å². The van der Waals surface area contributed by atoms with Crippen LogP contribution in [0.1, 0.15) is 11.9 Å². The van der Waals surface area contributed by atoms with Gasteiger partial charge in [0.25, 0.3) is 0 Å². The van der Waals surface area contributed by atoms with Gasteiger partial charge in [-0.15, -0.1) is 0 Å². The van der Waals surface area contributed by atoms with Crippen LogP contribution in [-0.2, 0) is 0 Å². The number of aliphatic hydroxyl groups is 1. The lowest BCUT2D eigenvalue weighted by atomic mass is 10.3. The normalized spacial score (nSPS) is 12.7. The van der Waals surface area contributed by atoms with Crippen LogP contribution in [0, 0.1) is 0 Å². The Balaban J connectivity index is 2.37. The van der Waals surface area contributed by atoms with Crippen LogP contribution in [0.25, 0.3) is 11.5 Å². The van der Waals surface area contributed by atoms with Crippen LogP contribution >= 0.6 is 31.9 Å². The molecule has 0 aromatic carbocycles. The molecule has 0 fully saturated rings. The van der Waals surface area contributed by atoms with E-state index in [1.807, 2.05) is 6.07 Å². The molecular weight excluding hydrogens is 356 g/mol. The Hall–Kier alpha value is -0.830. The van der Waals surface area contributed by atoms with E-state index in [-0.39, 0.29) is 12.5 Å². The van der Waals surface area contributed by atoms with Crippen molar-refractivity contribution in [3.8, 4) is 11.5 Å². The number of halogens is 2. The number of hydrogen-bond donors (Lipinski definition) is 2. The van der Waals surface area contributed by atoms with Gasteiger partial charge in [0, 0.05) is 15.1 Å². The van der Waals surface area contributed by atoms with Crippen molar-refractivity contribution in [3.05, 3.63) is 27.1 Å². The predicted molar refractivity (Wildman–Crippen MR) is 66.9 cm³/mol. The summed E-state index contributed by atoms with van der Waals surface area (Å²) in [5, 5.41) is 12.6. The summed E-state index contributed by atoms with van der Waals surface area (Å²) < 4.78 is 6.51. The zero-order valence-corrected chi connectivity index (χ0v) is 11.6. The number of aliphatic hydroxyl groups excluding tert-OH is 1. The van der Waals surface area contributed by atoms with Crippen LogP contribution in [0.3, 0.4) is 0 Å². The van der Waals surface area contributed by atoms with Gasteiger partial charge in [0.15, 0.2) is 0 Å². The van der Waals surface area contributed by atoms with Gasteiger partial charge in [0.05, 0.1) is 6.61 Å². The van der Waals surface area contributed by atoms with Gasteiger partial charge >= 0.3 is 0 Å². The third-order valence-electron chi connectivity index (χ3n) is 1.98. The molecule has 90 valence electrons. The van der Waals surface area contributed by atoms with E-state index in [0.717, 1.165) is 8.95 Å². The van der Waals surface area contributed by atoms with Crippen molar-refractivity contribution in [2.45, 2.75) is 6.04 Å². The zero-order chi connectivity index (χ0) is 12.4. The molecule has 0 radical (unpaired) electrons. The molecule has 0 amide bonds. The largest absolute Gasteiger partial charge is 0.394 e. The third kappa shape index (κ3) is 2.71. The molecule has 0 saturated carbocycles. The fraction of sp³-hybridized carbons (Fsp3) is 0.222. The van der Waals surface area contributed by atoms with Crippen LogP contribution in [0.2, 0.25) is 0 Å². The molecule has 1 atom stereocenters. The fourth-order valence-corrected chi connectivity index (χ4v) is 2.30. The monoisotopic (exact) mass is 362 g/mol. The Morgan fingerprint density at radius 1 is 1.47 bits per heavy atom. The zero-order valence-electron chi connectivity index (χ0n) is 8.47. The lowest BCUT2D eigenvalue weighted by Gasteiger charge is -1.99. The molecule has 0 aliphatic carbocycles. The SMILES string of the molecule is NC(CO)c1nc(-c2ncc(Br)cc2Br)no1. The molecule has 0 spiro atoms. The minimum absolute atomic E-state index is 0.180. The molecule has 2 aromatic heterocycles. The minimum Gasteiger partial charge on any atom is -0.394 e. The Bertz CT molecular complexity index is 531. The molecule has 6 nitrogen and oxygen atoms in total. The van der Waals surface area contributed by atoms with Crippen LogP contribution in [-0.4, -0.2) is 26.8 Å². The summed E-state index contributed by atoms with van der Waals surface area (Å²) in [5.74, 6) is 0.502. The van der Waals surface area contributed by atoms with Crippen molar-refractivity contribution in [3.63, 3.8) is 0 Å². The topological polar surface area (TPSA) is 98.1 Å². The number of nitrogens with zero attached hydrogens (tertiary/aromatic N) is 3. The summed E-state index contributed by atoms with van der Waals surface area (Å²) in [6, 6.07) is 1.15. The van der Waals surface area contributed by atoms with Crippen molar-refractivity contribution in [1.29, 1.82) is 0 Å². The lowest BCUT2D eigenvalue weighted by Crippen LogP contribution is -2.14. The van der Waals surface area contributed by atoms with Gasteiger partial charge in [-0.3, -0.25) is 4.98 Å². The second kappa shape index (κ2) is 5.21. The first-order valence-corrected chi connectivity index (χ1v) is 6.22. The van der Waals surface area contributed by atoms with E-state index in [9.17, 15) is 0 Å². The quantitative estimate of drug-likeness (QED) is 0.860. The molecule has 1 unspecified atom stereocenters. The van der Waals surface area contributed by atoms with Gasteiger partial charge in [-0.2, -0.15) is 4.98 Å². The molecule has 3 N–H and O–H groups in total. The van der Waals surface area contributed by atoms with Crippen molar-refractivity contribution >= 4 is 31.9 Å². The lowest BCUT2D eigenvalue weighted by molar-refractivity contribution is 0.237. The molecule has 2 rings (SSSR count). The van der Waals surface area contributed by atoms with Gasteiger partial charge in [-0.25, -0.2) is 0 Å². The van der Waals surface area contributed by atoms with Crippen LogP contribution in [0.15, 0.2) is 25.7 Å². The first-order chi connectivity index (χ1) is 8.11. The molecule has 2 aromatic rings. The molecular formula is C9H8Br2N4O2. The second-order valence-electron chi connectivity index (χ2n) is 3.23. The van der Waals surface area contributed by atoms with Gasteiger partial charge < -0.3 is 15.4 Å². The highest BCUT2D eigenvalue weighted by Crippen LogP contribution is 2.26. The van der Waals surface area contributed by atoms with E-state index < -0.39 is 6.04 Å². The van der Waals surface area contributed by atoms with Gasteiger partial charge in [0.2, 0.25) is 11.7 Å². The maximum atomic E-state index is 8.88. The van der Waals surface area contributed by atoms with E-state index in [4.69, 9.17) is 15.4 Å². The van der Waals surface area contributed by atoms with Crippen LogP contribution in [0.4, 0.5) is 0 Å². The van der Waals surface area contributed by atoms with E-state index in [1.165, 1.54) is 0 Å². The van der Waals surface area contributed by atoms with E-state index in [1.54, 1.807) is 6.20 Å². The maximum absolute atomic E-state index is 8.88. The first-order valence-electron chi connectivity index (χ1n) is 4.63. The Morgan fingerprint density at radius 3 is 2.88 bits per heavy atom. The third-order valence-corrected chi connectivity index (χ3v) is 3.01. The highest BCUT2D eigenvalue weighted by atomic mass is 79.9. The summed E-state index contributed by atoms with van der Waals surface area (Å²) in [6.45, 7) is -0.253. The smallest absolute Gasteiger partial charge is 0.246 e. The summed E-state index contributed by atoms with van der Waals surface area (Å²) in [4.78, 5) is 8.24. The van der Waals surface area contributed by atoms with Crippen molar-refractivity contribution in [2.75, 3.05) is 6.61 Å². The molecule has 0 aliphatic rings. The maximum Gasteiger partial charge on any atom is 0.246 e. The number of rotatable bonds is 3. The Labute approximate surface area is 113 Å². The van der Waals surface area contributed by atoms with Crippen LogP contribution < -0.4 is 5.73 Å². The number of nitrogens with two attached hydrogens (primary N) is 1. The molecule has 2 heterocycles. The number of aromatic nitrogens is 3. The van der Waals surface area contributed by atoms with Crippen LogP contribution in [0.5, 0.6) is 0 Å². The van der Waals surface area contributed by atoms with Gasteiger partial charge in [-0.1, -0.05) is 5.16 Å². The highest BCUT2D eigenvalue weighted by Gasteiger charge is 2.17. The molecule has 8 heteroatoms. The first kappa shape index (κ1) is 12.6. The summed E-state index contributed by atoms with van der Waals surface area (Å²) in [6.07, 6.45) is 1.63. The average Bonchev–Trinajstić information content (AvgIpc) is 2.77. The van der Waals surface area contributed by atoms with Gasteiger partial charge in [0.1, 0.15) is 11.7 Å². The number of pyridine rings is 1. The van der Waals surface area contributed by atoms with E-state index in [2.05, 4.69) is 47.0 Å². The molecule has 0 bridgehead atoms. The van der Waals surface area contributed by atoms with Crippen molar-refractivity contribution < 1.29 is 9.63 Å². The van der Waals surface area contributed by atoms with Crippen molar-refractivity contribution in [1.82, 2.24) is 15.1 Å². The Morgan fingerprint density at radius 2 is 2.24 bits per heavy atom. The molecule has 0 saturated heterocycles. The predicted octanol–water partition coefficient (Wildman–Crippen LogP) is 1.65. The summed E-state index contributed by atoms with van der Waals surface area (Å²) in [5.41, 5.74) is 6.11. The summed E-state index contributed by atoms with van der Waals surface area (Å²) >= 11 is 6.65. The van der Waals surface area contributed by atoms with E-state index >= 15 is 0 Å². The molecule has 17 heavy (non-hydrogen) atoms. The molecule has 0 aliphatic heterocycles. The Kier molecular flexibility index (Phi) is 3.87. The standard InChI is InChI=1S/C9H8Br2N4O2/c10-4-1-5(11)7(13-2-4)8-14-9(17-15-8)6(12)3-16/h1-2,6,16H,3,12H2.